The summed E-state index contributed by atoms with van der Waals surface area (Å²) in [5.74, 6) is 1.08. The summed E-state index contributed by atoms with van der Waals surface area (Å²) in [5, 5.41) is 0. The quantitative estimate of drug-likeness (QED) is 0.681. The lowest BCUT2D eigenvalue weighted by Crippen LogP contribution is -2.22. The van der Waals surface area contributed by atoms with Gasteiger partial charge in [0.15, 0.2) is 0 Å². The van der Waals surface area contributed by atoms with Crippen molar-refractivity contribution in [2.75, 3.05) is 18.0 Å². The van der Waals surface area contributed by atoms with E-state index in [2.05, 4.69) is 36.7 Å². The Labute approximate surface area is 74.2 Å². The van der Waals surface area contributed by atoms with E-state index in [9.17, 15) is 0 Å². The Hall–Kier alpha value is -1.05. The molecule has 0 aliphatic rings. The Morgan fingerprint density at radius 2 is 2.00 bits per heavy atom. The maximum atomic E-state index is 4.31. The van der Waals surface area contributed by atoms with Crippen LogP contribution in [0.25, 0.3) is 0 Å². The van der Waals surface area contributed by atoms with Gasteiger partial charge in [0.2, 0.25) is 0 Å². The third-order valence-electron chi connectivity index (χ3n) is 1.99. The van der Waals surface area contributed by atoms with E-state index in [-0.39, 0.29) is 0 Å². The van der Waals surface area contributed by atoms with Crippen LogP contribution >= 0.6 is 0 Å². The van der Waals surface area contributed by atoms with Gasteiger partial charge >= 0.3 is 0 Å². The van der Waals surface area contributed by atoms with Crippen molar-refractivity contribution >= 4 is 5.82 Å². The highest BCUT2D eigenvalue weighted by atomic mass is 15.2. The molecule has 0 fully saturated rings. The second-order valence-electron chi connectivity index (χ2n) is 2.86. The number of aryl methyl sites for hydroxylation is 1. The van der Waals surface area contributed by atoms with Gasteiger partial charge in [0.1, 0.15) is 5.82 Å². The van der Waals surface area contributed by atoms with E-state index in [1.165, 1.54) is 5.56 Å². The predicted octanol–water partition coefficient (Wildman–Crippen LogP) is 2.24. The van der Waals surface area contributed by atoms with Crippen molar-refractivity contribution in [1.29, 1.82) is 0 Å². The second-order valence-corrected chi connectivity index (χ2v) is 2.86. The maximum absolute atomic E-state index is 4.31. The smallest absolute Gasteiger partial charge is 0.128 e. The second kappa shape index (κ2) is 4.10. The first-order chi connectivity index (χ1) is 5.77. The molecule has 0 aliphatic heterocycles. The van der Waals surface area contributed by atoms with E-state index in [1.807, 2.05) is 12.3 Å². The SMILES string of the molecule is CCN(CC)c1cc(C)ccn1. The molecule has 66 valence electrons. The standard InChI is InChI=1S/C10H16N2/c1-4-12(5-2)10-8-9(3)6-7-11-10/h6-8H,4-5H2,1-3H3. The van der Waals surface area contributed by atoms with Gasteiger partial charge in [0.05, 0.1) is 0 Å². The lowest BCUT2D eigenvalue weighted by molar-refractivity contribution is 0.845. The fraction of sp³-hybridized carbons (Fsp3) is 0.500. The number of nitrogens with zero attached hydrogens (tertiary/aromatic N) is 2. The molecule has 12 heavy (non-hydrogen) atoms. The van der Waals surface area contributed by atoms with Gasteiger partial charge in [-0.1, -0.05) is 0 Å². The van der Waals surface area contributed by atoms with E-state index in [0.717, 1.165) is 18.9 Å². The van der Waals surface area contributed by atoms with Crippen molar-refractivity contribution in [3.05, 3.63) is 23.9 Å². The van der Waals surface area contributed by atoms with Crippen LogP contribution in [0.15, 0.2) is 18.3 Å². The van der Waals surface area contributed by atoms with Gasteiger partial charge in [-0.25, -0.2) is 4.98 Å². The third kappa shape index (κ3) is 1.97. The fourth-order valence-corrected chi connectivity index (χ4v) is 1.24. The summed E-state index contributed by atoms with van der Waals surface area (Å²) < 4.78 is 0. The molecule has 0 saturated carbocycles. The van der Waals surface area contributed by atoms with Crippen LogP contribution in [0.3, 0.4) is 0 Å². The van der Waals surface area contributed by atoms with Crippen molar-refractivity contribution in [1.82, 2.24) is 4.98 Å². The zero-order valence-electron chi connectivity index (χ0n) is 8.04. The van der Waals surface area contributed by atoms with Crippen LogP contribution in [0.2, 0.25) is 0 Å². The molecule has 0 saturated heterocycles. The molecule has 1 aromatic rings. The summed E-state index contributed by atoms with van der Waals surface area (Å²) >= 11 is 0. The molecule has 0 aromatic carbocycles. The van der Waals surface area contributed by atoms with Gasteiger partial charge in [-0.2, -0.15) is 0 Å². The summed E-state index contributed by atoms with van der Waals surface area (Å²) in [4.78, 5) is 6.55. The van der Waals surface area contributed by atoms with Crippen molar-refractivity contribution in [2.24, 2.45) is 0 Å². The van der Waals surface area contributed by atoms with E-state index in [1.54, 1.807) is 0 Å². The minimum atomic E-state index is 1.02. The van der Waals surface area contributed by atoms with Crippen LogP contribution in [0.4, 0.5) is 5.82 Å². The Morgan fingerprint density at radius 1 is 1.33 bits per heavy atom. The third-order valence-corrected chi connectivity index (χ3v) is 1.99. The van der Waals surface area contributed by atoms with Gasteiger partial charge in [-0.05, 0) is 38.5 Å². The highest BCUT2D eigenvalue weighted by Gasteiger charge is 2.01. The number of pyridine rings is 1. The minimum absolute atomic E-state index is 1.02. The number of hydrogen-bond donors (Lipinski definition) is 0. The molecule has 0 bridgehead atoms. The average molecular weight is 164 g/mol. The molecule has 0 atom stereocenters. The summed E-state index contributed by atoms with van der Waals surface area (Å²) in [6.07, 6.45) is 1.86. The highest BCUT2D eigenvalue weighted by molar-refractivity contribution is 5.40. The molecule has 0 unspecified atom stereocenters. The van der Waals surface area contributed by atoms with E-state index >= 15 is 0 Å². The van der Waals surface area contributed by atoms with Crippen LogP contribution in [-0.2, 0) is 0 Å². The van der Waals surface area contributed by atoms with Gasteiger partial charge in [0.25, 0.3) is 0 Å². The normalized spacial score (nSPS) is 9.92. The fourth-order valence-electron chi connectivity index (χ4n) is 1.24. The number of aromatic nitrogens is 1. The van der Waals surface area contributed by atoms with Crippen LogP contribution in [0, 0.1) is 6.92 Å². The first-order valence-corrected chi connectivity index (χ1v) is 4.45. The van der Waals surface area contributed by atoms with Gasteiger partial charge in [-0.3, -0.25) is 0 Å². The van der Waals surface area contributed by atoms with Crippen LogP contribution in [-0.4, -0.2) is 18.1 Å². The molecule has 2 nitrogen and oxygen atoms in total. The number of hydrogen-bond acceptors (Lipinski definition) is 2. The zero-order chi connectivity index (χ0) is 8.97. The Kier molecular flexibility index (Phi) is 3.09. The van der Waals surface area contributed by atoms with Gasteiger partial charge in [0, 0.05) is 19.3 Å². The van der Waals surface area contributed by atoms with Crippen molar-refractivity contribution in [3.63, 3.8) is 0 Å². The average Bonchev–Trinajstić information content (AvgIpc) is 2.07. The lowest BCUT2D eigenvalue weighted by atomic mass is 10.3. The summed E-state index contributed by atoms with van der Waals surface area (Å²) in [7, 11) is 0. The molecule has 0 amide bonds. The molecular weight excluding hydrogens is 148 g/mol. The summed E-state index contributed by atoms with van der Waals surface area (Å²) in [6.45, 7) is 8.43. The topological polar surface area (TPSA) is 16.1 Å². The zero-order valence-corrected chi connectivity index (χ0v) is 8.04. The summed E-state index contributed by atoms with van der Waals surface area (Å²) in [5.41, 5.74) is 1.27. The molecule has 1 heterocycles. The Morgan fingerprint density at radius 3 is 2.50 bits per heavy atom. The molecule has 0 radical (unpaired) electrons. The first kappa shape index (κ1) is 9.04. The number of rotatable bonds is 3. The molecule has 1 rings (SSSR count). The molecule has 2 heteroatoms. The van der Waals surface area contributed by atoms with Gasteiger partial charge < -0.3 is 4.90 Å². The van der Waals surface area contributed by atoms with Crippen LogP contribution < -0.4 is 4.90 Å². The van der Waals surface area contributed by atoms with Crippen molar-refractivity contribution in [2.45, 2.75) is 20.8 Å². The Bertz CT molecular complexity index is 241. The van der Waals surface area contributed by atoms with Crippen LogP contribution in [0.5, 0.6) is 0 Å². The monoisotopic (exact) mass is 164 g/mol. The van der Waals surface area contributed by atoms with E-state index in [4.69, 9.17) is 0 Å². The van der Waals surface area contributed by atoms with E-state index in [0.29, 0.717) is 0 Å². The Balaban J connectivity index is 2.85. The van der Waals surface area contributed by atoms with E-state index < -0.39 is 0 Å². The predicted molar refractivity (Wildman–Crippen MR) is 52.5 cm³/mol. The van der Waals surface area contributed by atoms with Gasteiger partial charge in [-0.15, -0.1) is 0 Å². The molecule has 0 spiro atoms. The maximum Gasteiger partial charge on any atom is 0.128 e. The minimum Gasteiger partial charge on any atom is -0.357 e. The van der Waals surface area contributed by atoms with Crippen molar-refractivity contribution in [3.8, 4) is 0 Å². The molecular formula is C10H16N2. The van der Waals surface area contributed by atoms with Crippen molar-refractivity contribution < 1.29 is 0 Å². The largest absolute Gasteiger partial charge is 0.357 e. The lowest BCUT2D eigenvalue weighted by Gasteiger charge is -2.19. The van der Waals surface area contributed by atoms with Crippen LogP contribution in [0.1, 0.15) is 19.4 Å². The molecule has 0 aliphatic carbocycles. The molecule has 1 aromatic heterocycles. The number of anilines is 1. The molecule has 0 N–H and O–H groups in total. The summed E-state index contributed by atoms with van der Waals surface area (Å²) in [6, 6.07) is 4.14. The first-order valence-electron chi connectivity index (χ1n) is 4.45. The highest BCUT2D eigenvalue weighted by Crippen LogP contribution is 2.10.